The van der Waals surface area contributed by atoms with Crippen molar-refractivity contribution in [2.75, 3.05) is 47.0 Å². The molecule has 12 nitrogen and oxygen atoms in total. The average molecular weight is 512 g/mol. The number of ether oxygens (including phenoxy) is 2. The third kappa shape index (κ3) is 17.6. The number of phosphoric acid groups is 1. The Kier molecular flexibility index (Phi) is 13.7. The van der Waals surface area contributed by atoms with Crippen LogP contribution in [0.15, 0.2) is 0 Å². The number of phosphoric ester groups is 1. The SMILES string of the molecule is CN(CCN(C)C(=O)OC(C)(C)C)C(=O)OCCOP(=O)(O)OCCCCC(=O)NC(C)(C)C. The van der Waals surface area contributed by atoms with Gasteiger partial charge in [0.05, 0.1) is 13.2 Å². The minimum absolute atomic E-state index is 0.0513. The molecule has 0 saturated carbocycles. The number of hydrogen-bond donors (Lipinski definition) is 2. The van der Waals surface area contributed by atoms with E-state index in [1.54, 1.807) is 27.8 Å². The van der Waals surface area contributed by atoms with Gasteiger partial charge in [-0.25, -0.2) is 14.2 Å². The summed E-state index contributed by atoms with van der Waals surface area (Å²) < 4.78 is 31.7. The lowest BCUT2D eigenvalue weighted by atomic mass is 10.1. The largest absolute Gasteiger partial charge is 0.472 e. The number of carbonyl (C=O) groups is 3. The minimum Gasteiger partial charge on any atom is -0.447 e. The van der Waals surface area contributed by atoms with Crippen LogP contribution in [0, 0.1) is 0 Å². The second-order valence-electron chi connectivity index (χ2n) is 9.83. The molecule has 2 N–H and O–H groups in total. The van der Waals surface area contributed by atoms with E-state index in [2.05, 4.69) is 5.32 Å². The Hall–Kier alpha value is -1.88. The highest BCUT2D eigenvalue weighted by Crippen LogP contribution is 2.43. The summed E-state index contributed by atoms with van der Waals surface area (Å²) in [4.78, 5) is 47.9. The number of amides is 3. The molecular formula is C21H42N3O9P. The van der Waals surface area contributed by atoms with E-state index >= 15 is 0 Å². The van der Waals surface area contributed by atoms with Gasteiger partial charge in [0.2, 0.25) is 5.91 Å². The standard InChI is InChI=1S/C21H42N3O9P/c1-20(2,3)22-17(25)11-9-10-14-31-34(28,29)32-16-15-30-18(26)23(7)12-13-24(8)19(27)33-21(4,5)6/h9-16H2,1-8H3,(H,22,25)(H,28,29). The highest BCUT2D eigenvalue weighted by Gasteiger charge is 2.22. The monoisotopic (exact) mass is 511 g/mol. The van der Waals surface area contributed by atoms with Crippen LogP contribution < -0.4 is 5.32 Å². The van der Waals surface area contributed by atoms with Crippen LogP contribution in [0.5, 0.6) is 0 Å². The molecule has 1 atom stereocenters. The van der Waals surface area contributed by atoms with Crippen molar-refractivity contribution in [3.05, 3.63) is 0 Å². The number of carbonyl (C=O) groups excluding carboxylic acids is 3. The van der Waals surface area contributed by atoms with E-state index in [1.165, 1.54) is 16.8 Å². The molecule has 0 aliphatic rings. The Balaban J connectivity index is 4.03. The fourth-order valence-electron chi connectivity index (χ4n) is 2.30. The summed E-state index contributed by atoms with van der Waals surface area (Å²) in [5.41, 5.74) is -0.925. The van der Waals surface area contributed by atoms with Gasteiger partial charge in [0.15, 0.2) is 0 Å². The molecule has 0 spiro atoms. The molecule has 0 aromatic heterocycles. The van der Waals surface area contributed by atoms with Crippen LogP contribution >= 0.6 is 7.82 Å². The minimum atomic E-state index is -4.29. The van der Waals surface area contributed by atoms with E-state index in [-0.39, 0.29) is 50.8 Å². The van der Waals surface area contributed by atoms with Crippen LogP contribution in [-0.2, 0) is 27.9 Å². The van der Waals surface area contributed by atoms with Gasteiger partial charge >= 0.3 is 20.0 Å². The fourth-order valence-corrected chi connectivity index (χ4v) is 3.04. The van der Waals surface area contributed by atoms with E-state index in [1.807, 2.05) is 20.8 Å². The second-order valence-corrected chi connectivity index (χ2v) is 11.3. The lowest BCUT2D eigenvalue weighted by Crippen LogP contribution is -2.40. The van der Waals surface area contributed by atoms with Crippen molar-refractivity contribution in [1.29, 1.82) is 0 Å². The van der Waals surface area contributed by atoms with Crippen LogP contribution in [-0.4, -0.2) is 90.9 Å². The van der Waals surface area contributed by atoms with Crippen molar-refractivity contribution >= 4 is 25.9 Å². The Bertz CT molecular complexity index is 705. The molecule has 34 heavy (non-hydrogen) atoms. The molecule has 0 radical (unpaired) electrons. The van der Waals surface area contributed by atoms with Crippen LogP contribution in [0.4, 0.5) is 9.59 Å². The molecule has 0 rings (SSSR count). The maximum atomic E-state index is 12.0. The summed E-state index contributed by atoms with van der Waals surface area (Å²) in [6.07, 6.45) is 0.00428. The first-order chi connectivity index (χ1) is 15.4. The summed E-state index contributed by atoms with van der Waals surface area (Å²) >= 11 is 0. The molecular weight excluding hydrogens is 469 g/mol. The first kappa shape index (κ1) is 32.1. The van der Waals surface area contributed by atoms with Crippen molar-refractivity contribution in [2.24, 2.45) is 0 Å². The molecule has 3 amide bonds. The number of nitrogens with one attached hydrogen (secondary N) is 1. The smallest absolute Gasteiger partial charge is 0.447 e. The third-order valence-corrected chi connectivity index (χ3v) is 4.94. The molecule has 200 valence electrons. The highest BCUT2D eigenvalue weighted by molar-refractivity contribution is 7.47. The summed E-state index contributed by atoms with van der Waals surface area (Å²) in [6, 6.07) is 0. The summed E-state index contributed by atoms with van der Waals surface area (Å²) in [7, 11) is -1.24. The van der Waals surface area contributed by atoms with Crippen LogP contribution in [0.1, 0.15) is 60.8 Å². The van der Waals surface area contributed by atoms with E-state index in [0.29, 0.717) is 12.8 Å². The number of unbranched alkanes of at least 4 members (excludes halogenated alkanes) is 1. The zero-order valence-corrected chi connectivity index (χ0v) is 22.6. The molecule has 1 unspecified atom stereocenters. The maximum Gasteiger partial charge on any atom is 0.472 e. The van der Waals surface area contributed by atoms with Gasteiger partial charge < -0.3 is 29.5 Å². The Morgan fingerprint density at radius 1 is 0.853 bits per heavy atom. The Morgan fingerprint density at radius 3 is 1.91 bits per heavy atom. The van der Waals surface area contributed by atoms with E-state index < -0.39 is 25.6 Å². The van der Waals surface area contributed by atoms with E-state index in [0.717, 1.165) is 0 Å². The molecule has 0 fully saturated rings. The Labute approximate surface area is 202 Å². The third-order valence-electron chi connectivity index (χ3n) is 3.92. The van der Waals surface area contributed by atoms with Crippen molar-refractivity contribution in [2.45, 2.75) is 71.9 Å². The first-order valence-corrected chi connectivity index (χ1v) is 12.7. The zero-order valence-electron chi connectivity index (χ0n) is 21.7. The van der Waals surface area contributed by atoms with Gasteiger partial charge in [-0.3, -0.25) is 13.8 Å². The molecule has 13 heteroatoms. The van der Waals surface area contributed by atoms with Crippen LogP contribution in [0.2, 0.25) is 0 Å². The molecule has 0 bridgehead atoms. The normalized spacial score (nSPS) is 13.6. The molecule has 0 aliphatic heterocycles. The van der Waals surface area contributed by atoms with Gasteiger partial charge in [-0.05, 0) is 54.4 Å². The second kappa shape index (κ2) is 14.5. The quantitative estimate of drug-likeness (QED) is 0.281. The molecule has 0 aromatic carbocycles. The van der Waals surface area contributed by atoms with Gasteiger partial charge in [0.1, 0.15) is 12.2 Å². The predicted molar refractivity (Wildman–Crippen MR) is 126 cm³/mol. The number of rotatable bonds is 13. The molecule has 0 aliphatic carbocycles. The molecule has 0 heterocycles. The van der Waals surface area contributed by atoms with Gasteiger partial charge in [-0.15, -0.1) is 0 Å². The maximum absolute atomic E-state index is 12.0. The molecule has 0 saturated heterocycles. The van der Waals surface area contributed by atoms with Crippen molar-refractivity contribution in [3.63, 3.8) is 0 Å². The Morgan fingerprint density at radius 2 is 1.38 bits per heavy atom. The lowest BCUT2D eigenvalue weighted by molar-refractivity contribution is -0.122. The summed E-state index contributed by atoms with van der Waals surface area (Å²) in [5, 5.41) is 2.83. The predicted octanol–water partition coefficient (Wildman–Crippen LogP) is 3.14. The van der Waals surface area contributed by atoms with Crippen molar-refractivity contribution in [3.8, 4) is 0 Å². The van der Waals surface area contributed by atoms with Gasteiger partial charge in [-0.1, -0.05) is 0 Å². The topological polar surface area (TPSA) is 144 Å². The van der Waals surface area contributed by atoms with Crippen LogP contribution in [0.25, 0.3) is 0 Å². The number of likely N-dealkylation sites (N-methyl/N-ethyl adjacent to an activating group) is 2. The molecule has 0 aromatic rings. The van der Waals surface area contributed by atoms with Gasteiger partial charge in [-0.2, -0.15) is 0 Å². The van der Waals surface area contributed by atoms with Crippen molar-refractivity contribution in [1.82, 2.24) is 15.1 Å². The van der Waals surface area contributed by atoms with Gasteiger partial charge in [0, 0.05) is 39.1 Å². The summed E-state index contributed by atoms with van der Waals surface area (Å²) in [5.74, 6) is -0.0980. The zero-order chi connectivity index (χ0) is 26.6. The first-order valence-electron chi connectivity index (χ1n) is 11.2. The number of nitrogens with zero attached hydrogens (tertiary/aromatic N) is 2. The van der Waals surface area contributed by atoms with Gasteiger partial charge in [0.25, 0.3) is 0 Å². The van der Waals surface area contributed by atoms with Crippen LogP contribution in [0.3, 0.4) is 0 Å². The van der Waals surface area contributed by atoms with E-state index in [4.69, 9.17) is 18.5 Å². The number of hydrogen-bond acceptors (Lipinski definition) is 8. The fraction of sp³-hybridized carbons (Fsp3) is 0.857. The average Bonchev–Trinajstić information content (AvgIpc) is 2.65. The van der Waals surface area contributed by atoms with Crippen molar-refractivity contribution < 1.29 is 42.4 Å². The van der Waals surface area contributed by atoms with E-state index in [9.17, 15) is 23.8 Å². The summed E-state index contributed by atoms with van der Waals surface area (Å²) in [6.45, 7) is 10.7. The highest BCUT2D eigenvalue weighted by atomic mass is 31.2. The lowest BCUT2D eigenvalue weighted by Gasteiger charge is -2.26.